The van der Waals surface area contributed by atoms with Crippen molar-refractivity contribution in [3.63, 3.8) is 0 Å². The lowest BCUT2D eigenvalue weighted by Gasteiger charge is -2.43. The molecule has 5 aliphatic heterocycles. The van der Waals surface area contributed by atoms with Gasteiger partial charge in [0.15, 0.2) is 0 Å². The number of rotatable bonds is 12. The Labute approximate surface area is 450 Å². The van der Waals surface area contributed by atoms with E-state index in [1.807, 2.05) is 121 Å². The fourth-order valence-electron chi connectivity index (χ4n) is 11.8. The lowest BCUT2D eigenvalue weighted by molar-refractivity contribution is -0.145. The summed E-state index contributed by atoms with van der Waals surface area (Å²) < 4.78 is 0. The average Bonchev–Trinajstić information content (AvgIpc) is 4.10. The number of hydrogen-bond donors (Lipinski definition) is 5. The van der Waals surface area contributed by atoms with Crippen LogP contribution in [0.15, 0.2) is 121 Å². The van der Waals surface area contributed by atoms with Crippen LogP contribution in [-0.2, 0) is 28.8 Å². The largest absolute Gasteiger partial charge is 0.343 e. The van der Waals surface area contributed by atoms with Crippen LogP contribution in [0.25, 0.3) is 0 Å². The summed E-state index contributed by atoms with van der Waals surface area (Å²) in [6, 6.07) is 31.9. The number of benzene rings is 4. The molecule has 0 bridgehead atoms. The smallest absolute Gasteiger partial charge is 0.320 e. The molecule has 0 radical (unpaired) electrons. The van der Waals surface area contributed by atoms with E-state index >= 15 is 0 Å². The van der Waals surface area contributed by atoms with Gasteiger partial charge in [-0.25, -0.2) is 9.59 Å². The van der Waals surface area contributed by atoms with Crippen molar-refractivity contribution in [2.75, 3.05) is 59.4 Å². The number of carbonyl (C=O) groups excluding carboxylic acids is 8. The molecule has 0 saturated carbocycles. The summed E-state index contributed by atoms with van der Waals surface area (Å²) in [6.45, 7) is 4.05. The second-order valence-electron chi connectivity index (χ2n) is 20.8. The highest BCUT2D eigenvalue weighted by Crippen LogP contribution is 2.34. The fourth-order valence-corrected chi connectivity index (χ4v) is 11.8. The van der Waals surface area contributed by atoms with Crippen molar-refractivity contribution >= 4 is 47.5 Å². The fraction of sp³-hybridized carbons (Fsp3) is 0.448. The van der Waals surface area contributed by atoms with E-state index in [1.165, 1.54) is 6.92 Å². The first-order valence-corrected chi connectivity index (χ1v) is 27.1. The molecule has 5 N–H and O–H groups in total. The topological polar surface area (TPSA) is 216 Å². The number of nitrogens with one attached hydrogen (secondary N) is 5. The molecule has 0 aromatic heterocycles. The number of carbonyl (C=O) groups is 8. The van der Waals surface area contributed by atoms with E-state index in [-0.39, 0.29) is 88.3 Å². The van der Waals surface area contributed by atoms with Crippen LogP contribution in [0.2, 0.25) is 0 Å². The second-order valence-corrected chi connectivity index (χ2v) is 20.8. The van der Waals surface area contributed by atoms with Crippen molar-refractivity contribution in [2.24, 2.45) is 0 Å². The SMILES string of the molecule is CN[C@@H](C)C(=O)N[C@H]1CN(C(=O)N2CCN(C(=O)N3CC[C@H]4CCC(C(=O)NC(c5ccccc5)c5ccccc5)N4C(=O)[C@@H](NC(C)=O)C3)CC2)CC[C@H]2CC[C@@H](C(=O)NC(c3ccccc3)c3ccccc3)N2C1=O. The van der Waals surface area contributed by atoms with Crippen molar-refractivity contribution in [2.45, 2.75) is 107 Å². The molecule has 1 unspecified atom stereocenters. The van der Waals surface area contributed by atoms with Crippen molar-refractivity contribution in [1.29, 1.82) is 0 Å². The minimum atomic E-state index is -1.15. The molecule has 9 rings (SSSR count). The van der Waals surface area contributed by atoms with Gasteiger partial charge in [0, 0.05) is 58.3 Å². The molecule has 7 atom stereocenters. The van der Waals surface area contributed by atoms with Crippen molar-refractivity contribution in [3.8, 4) is 0 Å². The number of fused-ring (bicyclic) bond motifs is 2. The van der Waals surface area contributed by atoms with Gasteiger partial charge in [-0.3, -0.25) is 28.8 Å². The summed E-state index contributed by atoms with van der Waals surface area (Å²) in [7, 11) is 1.64. The van der Waals surface area contributed by atoms with Crippen molar-refractivity contribution in [3.05, 3.63) is 144 Å². The Balaban J connectivity index is 0.846. The molecule has 77 heavy (non-hydrogen) atoms. The third-order valence-electron chi connectivity index (χ3n) is 16.0. The molecule has 5 aliphatic rings. The van der Waals surface area contributed by atoms with Gasteiger partial charge in [-0.1, -0.05) is 121 Å². The predicted octanol–water partition coefficient (Wildman–Crippen LogP) is 3.38. The van der Waals surface area contributed by atoms with E-state index in [2.05, 4.69) is 26.6 Å². The number of amides is 10. The Hall–Kier alpha value is -7.80. The van der Waals surface area contributed by atoms with E-state index in [0.717, 1.165) is 22.3 Å². The average molecular weight is 1050 g/mol. The first-order valence-electron chi connectivity index (χ1n) is 27.1. The van der Waals surface area contributed by atoms with Gasteiger partial charge in [-0.15, -0.1) is 0 Å². The van der Waals surface area contributed by atoms with Gasteiger partial charge in [-0.2, -0.15) is 0 Å². The predicted molar refractivity (Wildman–Crippen MR) is 287 cm³/mol. The molecule has 19 heteroatoms. The van der Waals surface area contributed by atoms with E-state index in [9.17, 15) is 38.4 Å². The van der Waals surface area contributed by atoms with Crippen LogP contribution in [-0.4, -0.2) is 179 Å². The van der Waals surface area contributed by atoms with E-state index in [4.69, 9.17) is 0 Å². The van der Waals surface area contributed by atoms with E-state index in [1.54, 1.807) is 43.4 Å². The van der Waals surface area contributed by atoms with E-state index < -0.39 is 65.9 Å². The Bertz CT molecular complexity index is 2670. The zero-order chi connectivity index (χ0) is 54.2. The minimum Gasteiger partial charge on any atom is -0.343 e. The third-order valence-corrected chi connectivity index (χ3v) is 16.0. The maximum Gasteiger partial charge on any atom is 0.320 e. The molecular weight excluding hydrogens is 979 g/mol. The number of nitrogens with zero attached hydrogens (tertiary/aromatic N) is 6. The summed E-state index contributed by atoms with van der Waals surface area (Å²) in [4.78, 5) is 123. The van der Waals surface area contributed by atoms with Crippen LogP contribution in [0.3, 0.4) is 0 Å². The van der Waals surface area contributed by atoms with E-state index in [0.29, 0.717) is 38.5 Å². The highest BCUT2D eigenvalue weighted by Gasteiger charge is 2.48. The monoisotopic (exact) mass is 1050 g/mol. The Morgan fingerprint density at radius 1 is 0.468 bits per heavy atom. The first-order chi connectivity index (χ1) is 37.3. The summed E-state index contributed by atoms with van der Waals surface area (Å²) in [5, 5.41) is 15.0. The summed E-state index contributed by atoms with van der Waals surface area (Å²) in [5.41, 5.74) is 3.58. The highest BCUT2D eigenvalue weighted by molar-refractivity contribution is 5.95. The normalized spacial score (nSPS) is 23.2. The minimum absolute atomic E-state index is 0.104. The maximum absolute atomic E-state index is 14.8. The van der Waals surface area contributed by atoms with Crippen LogP contribution in [0.1, 0.15) is 86.7 Å². The van der Waals surface area contributed by atoms with Gasteiger partial charge in [0.2, 0.25) is 35.4 Å². The Morgan fingerprint density at radius 3 is 1.16 bits per heavy atom. The number of urea groups is 2. The molecule has 5 saturated heterocycles. The molecule has 19 nitrogen and oxygen atoms in total. The quantitative estimate of drug-likeness (QED) is 0.141. The zero-order valence-electron chi connectivity index (χ0n) is 44.1. The van der Waals surface area contributed by atoms with Gasteiger partial charge in [-0.05, 0) is 74.8 Å². The number of likely N-dealkylation sites (N-methyl/N-ethyl adjacent to an activating group) is 1. The van der Waals surface area contributed by atoms with Crippen LogP contribution >= 0.6 is 0 Å². The van der Waals surface area contributed by atoms with Gasteiger partial charge >= 0.3 is 12.1 Å². The van der Waals surface area contributed by atoms with Gasteiger partial charge in [0.05, 0.1) is 31.2 Å². The molecule has 4 aromatic rings. The van der Waals surface area contributed by atoms with Gasteiger partial charge < -0.3 is 56.0 Å². The van der Waals surface area contributed by atoms with Gasteiger partial charge in [0.25, 0.3) is 0 Å². The molecular formula is C58H71N11O8. The first kappa shape index (κ1) is 54.0. The molecule has 406 valence electrons. The maximum atomic E-state index is 14.8. The van der Waals surface area contributed by atoms with Crippen LogP contribution < -0.4 is 26.6 Å². The molecule has 4 aromatic carbocycles. The molecule has 0 aliphatic carbocycles. The molecule has 10 amide bonds. The van der Waals surface area contributed by atoms with Gasteiger partial charge in [0.1, 0.15) is 24.2 Å². The summed E-state index contributed by atoms with van der Waals surface area (Å²) in [6.07, 6.45) is 2.75. The van der Waals surface area contributed by atoms with Crippen LogP contribution in [0.4, 0.5) is 9.59 Å². The second kappa shape index (κ2) is 24.5. The number of hydrogen-bond acceptors (Lipinski definition) is 9. The van der Waals surface area contributed by atoms with Crippen molar-refractivity contribution < 1.29 is 38.4 Å². The third kappa shape index (κ3) is 12.3. The molecule has 0 spiro atoms. The zero-order valence-corrected chi connectivity index (χ0v) is 44.1. The lowest BCUT2D eigenvalue weighted by atomic mass is 9.98. The number of piperazine rings is 1. The van der Waals surface area contributed by atoms with Crippen LogP contribution in [0.5, 0.6) is 0 Å². The standard InChI is InChI=1S/C58H71N11O8/c1-38(59-3)52(71)61-47-37-67(31-29-45-25-27-49(69(45)56(47)75)54(73)63-51(42-20-12-6-13-21-42)43-22-14-7-15-23-43)58(77)65-34-32-64(33-35-65)57(76)66-30-28-44-24-26-48(68(44)55(74)46(36-66)60-39(2)70)53(72)62-50(40-16-8-4-9-17-40)41-18-10-5-11-19-41/h4-23,38,44-51,59H,24-37H2,1-3H3,(H,60,70)(H,61,71)(H,62,72)(H,63,73)/t38-,44+,45+,46-,47-,48?,49-/m0/s1. The summed E-state index contributed by atoms with van der Waals surface area (Å²) in [5.74, 6) is -2.32. The molecule has 5 heterocycles. The Kier molecular flexibility index (Phi) is 17.2. The Morgan fingerprint density at radius 2 is 0.818 bits per heavy atom. The highest BCUT2D eigenvalue weighted by atomic mass is 16.2. The lowest BCUT2D eigenvalue weighted by Crippen LogP contribution is -2.64. The van der Waals surface area contributed by atoms with Crippen molar-refractivity contribution in [1.82, 2.24) is 56.0 Å². The summed E-state index contributed by atoms with van der Waals surface area (Å²) >= 11 is 0. The molecule has 5 fully saturated rings. The van der Waals surface area contributed by atoms with Crippen LogP contribution in [0, 0.1) is 0 Å².